The maximum absolute atomic E-state index is 4.02. The molecule has 0 radical (unpaired) electrons. The third-order valence-corrected chi connectivity index (χ3v) is 10.3. The Bertz CT molecular complexity index is 2410. The van der Waals surface area contributed by atoms with Crippen molar-refractivity contribution in [3.63, 3.8) is 0 Å². The molecule has 2 aliphatic carbocycles. The first kappa shape index (κ1) is 38.5. The minimum absolute atomic E-state index is 0.149. The average Bonchev–Trinajstić information content (AvgIpc) is 3.77. The van der Waals surface area contributed by atoms with E-state index >= 15 is 0 Å². The normalized spacial score (nSPS) is 13.9. The topological polar surface area (TPSA) is 0 Å². The zero-order valence-corrected chi connectivity index (χ0v) is 33.0. The van der Waals surface area contributed by atoms with Crippen LogP contribution in [0.4, 0.5) is 0 Å². The van der Waals surface area contributed by atoms with Gasteiger partial charge in [-0.15, -0.1) is 0 Å². The van der Waals surface area contributed by atoms with E-state index in [0.29, 0.717) is 0 Å². The van der Waals surface area contributed by atoms with Crippen molar-refractivity contribution >= 4 is 5.57 Å². The maximum atomic E-state index is 4.02. The van der Waals surface area contributed by atoms with E-state index in [-0.39, 0.29) is 5.92 Å². The molecule has 0 saturated carbocycles. The van der Waals surface area contributed by atoms with Gasteiger partial charge in [0.1, 0.15) is 0 Å². The molecule has 0 heteroatoms. The summed E-state index contributed by atoms with van der Waals surface area (Å²) in [5, 5.41) is 0. The fraction of sp³-hybridized carbons (Fsp3) is 0.127. The lowest BCUT2D eigenvalue weighted by Gasteiger charge is -2.17. The summed E-state index contributed by atoms with van der Waals surface area (Å²) in [7, 11) is 0. The first-order chi connectivity index (χ1) is 27.0. The summed E-state index contributed by atoms with van der Waals surface area (Å²) in [6.45, 7) is 18.2. The van der Waals surface area contributed by atoms with E-state index in [1.165, 1.54) is 83.5 Å². The molecule has 0 amide bonds. The first-order valence-electron chi connectivity index (χ1n) is 19.6. The number of aryl methyl sites for hydroxylation is 1. The van der Waals surface area contributed by atoms with E-state index in [1.807, 2.05) is 32.1 Å². The molecule has 0 nitrogen and oxygen atoms in total. The average molecular weight is 713 g/mol. The second kappa shape index (κ2) is 18.2. The van der Waals surface area contributed by atoms with Gasteiger partial charge in [0.2, 0.25) is 0 Å². The number of allylic oxidation sites excluding steroid dienone is 10. The fourth-order valence-electron chi connectivity index (χ4n) is 7.78. The Hall–Kier alpha value is -6.24. The Morgan fingerprint density at radius 1 is 0.527 bits per heavy atom. The van der Waals surface area contributed by atoms with Crippen LogP contribution in [0.15, 0.2) is 201 Å². The van der Waals surface area contributed by atoms with Gasteiger partial charge in [-0.2, -0.15) is 0 Å². The number of rotatable bonds is 8. The van der Waals surface area contributed by atoms with Crippen LogP contribution in [0.5, 0.6) is 0 Å². The van der Waals surface area contributed by atoms with Crippen molar-refractivity contribution < 1.29 is 0 Å². The van der Waals surface area contributed by atoms with Crippen molar-refractivity contribution in [2.45, 2.75) is 47.0 Å². The molecular formula is C55H52. The van der Waals surface area contributed by atoms with Gasteiger partial charge in [0.25, 0.3) is 0 Å². The number of benzene rings is 6. The molecule has 0 aliphatic heterocycles. The minimum atomic E-state index is 0.149. The van der Waals surface area contributed by atoms with Crippen LogP contribution in [-0.2, 0) is 6.42 Å². The second-order valence-corrected chi connectivity index (χ2v) is 13.7. The van der Waals surface area contributed by atoms with Crippen molar-refractivity contribution in [2.75, 3.05) is 0 Å². The maximum Gasteiger partial charge on any atom is 0.0352 e. The van der Waals surface area contributed by atoms with Gasteiger partial charge in [0.05, 0.1) is 0 Å². The largest absolute Gasteiger partial charge is 0.0991 e. The van der Waals surface area contributed by atoms with Gasteiger partial charge in [0, 0.05) is 5.92 Å². The number of fused-ring (bicyclic) bond motifs is 6. The lowest BCUT2D eigenvalue weighted by Crippen LogP contribution is -2.00. The molecule has 2 aliphatic rings. The summed E-state index contributed by atoms with van der Waals surface area (Å²) in [6, 6.07) is 48.7. The highest BCUT2D eigenvalue weighted by atomic mass is 14.3. The van der Waals surface area contributed by atoms with Gasteiger partial charge in [-0.3, -0.25) is 0 Å². The van der Waals surface area contributed by atoms with Crippen LogP contribution in [0.1, 0.15) is 67.0 Å². The number of hydrogen-bond acceptors (Lipinski definition) is 0. The van der Waals surface area contributed by atoms with Crippen molar-refractivity contribution in [3.8, 4) is 44.5 Å². The molecule has 55 heavy (non-hydrogen) atoms. The van der Waals surface area contributed by atoms with E-state index in [9.17, 15) is 0 Å². The highest BCUT2D eigenvalue weighted by Crippen LogP contribution is 2.50. The Balaban J connectivity index is 0.000000287. The summed E-state index contributed by atoms with van der Waals surface area (Å²) in [5.74, 6) is 0.149. The van der Waals surface area contributed by atoms with Crippen molar-refractivity contribution in [1.29, 1.82) is 0 Å². The molecule has 0 aromatic heterocycles. The summed E-state index contributed by atoms with van der Waals surface area (Å²) in [5.41, 5.74) is 20.8. The zero-order valence-electron chi connectivity index (χ0n) is 33.0. The van der Waals surface area contributed by atoms with E-state index in [1.54, 1.807) is 0 Å². The van der Waals surface area contributed by atoms with Gasteiger partial charge >= 0.3 is 0 Å². The second-order valence-electron chi connectivity index (χ2n) is 13.7. The van der Waals surface area contributed by atoms with Gasteiger partial charge in [-0.25, -0.2) is 0 Å². The highest BCUT2D eigenvalue weighted by molar-refractivity contribution is 5.88. The molecule has 6 aromatic carbocycles. The van der Waals surface area contributed by atoms with Crippen molar-refractivity contribution in [3.05, 3.63) is 234 Å². The predicted molar refractivity (Wildman–Crippen MR) is 241 cm³/mol. The van der Waals surface area contributed by atoms with Crippen LogP contribution in [-0.4, -0.2) is 0 Å². The molecule has 6 aromatic rings. The summed E-state index contributed by atoms with van der Waals surface area (Å²) < 4.78 is 0. The van der Waals surface area contributed by atoms with Crippen LogP contribution >= 0.6 is 0 Å². The van der Waals surface area contributed by atoms with Crippen LogP contribution in [0.2, 0.25) is 0 Å². The van der Waals surface area contributed by atoms with Crippen LogP contribution < -0.4 is 0 Å². The van der Waals surface area contributed by atoms with Gasteiger partial charge in [-0.1, -0.05) is 196 Å². The molecule has 0 bridgehead atoms. The zero-order chi connectivity index (χ0) is 38.7. The Morgan fingerprint density at radius 3 is 1.85 bits per heavy atom. The molecule has 1 atom stereocenters. The Kier molecular flexibility index (Phi) is 12.7. The monoisotopic (exact) mass is 712 g/mol. The van der Waals surface area contributed by atoms with E-state index in [2.05, 4.69) is 198 Å². The third-order valence-electron chi connectivity index (χ3n) is 10.3. The van der Waals surface area contributed by atoms with Crippen molar-refractivity contribution in [1.82, 2.24) is 0 Å². The van der Waals surface area contributed by atoms with E-state index in [4.69, 9.17) is 0 Å². The Morgan fingerprint density at radius 2 is 1.15 bits per heavy atom. The lowest BCUT2D eigenvalue weighted by atomic mass is 9.86. The smallest absolute Gasteiger partial charge is 0.0352 e. The van der Waals surface area contributed by atoms with Crippen LogP contribution in [0, 0.1) is 6.92 Å². The SMILES string of the molecule is C=C/C=C(\C=C/C)c1ccc2c(c1)C(C(/C=C\C)=C/C=C)c1ccc(-c3ccc4c(c3)-c3ccccc3C4)cc1-2.CC.Cc1ccc(-c2ccccc2)cc1. The fourth-order valence-corrected chi connectivity index (χ4v) is 7.78. The standard InChI is InChI=1S/C40H34.C13H12.C2H6/c1-5-11-27(12-6-2)29-19-21-35-38-25-31(20-22-36(38)40(39(35)26-29)28(13-7-3)14-8-4)30-17-18-33-23-32-15-9-10-16-34(32)37(33)24-30;1-11-7-9-13(10-8-11)12-5-3-2-4-6-12;1-2/h5-22,24-26,40H,1,3,23H2,2,4H3;2-10H,1H3;1-2H3/b12-6-,14-8-,27-11+,28-13+;;. The third kappa shape index (κ3) is 8.30. The molecule has 0 spiro atoms. The molecule has 0 N–H and O–H groups in total. The van der Waals surface area contributed by atoms with Crippen LogP contribution in [0.3, 0.4) is 0 Å². The molecule has 272 valence electrons. The van der Waals surface area contributed by atoms with Crippen LogP contribution in [0.25, 0.3) is 50.1 Å². The van der Waals surface area contributed by atoms with Gasteiger partial charge < -0.3 is 0 Å². The van der Waals surface area contributed by atoms with E-state index in [0.717, 1.165) is 12.0 Å². The first-order valence-corrected chi connectivity index (χ1v) is 19.6. The predicted octanol–water partition coefficient (Wildman–Crippen LogP) is 15.6. The molecule has 0 heterocycles. The summed E-state index contributed by atoms with van der Waals surface area (Å²) >= 11 is 0. The highest BCUT2D eigenvalue weighted by Gasteiger charge is 2.31. The lowest BCUT2D eigenvalue weighted by molar-refractivity contribution is 1.01. The van der Waals surface area contributed by atoms with Gasteiger partial charge in [-0.05, 0) is 129 Å². The van der Waals surface area contributed by atoms with E-state index < -0.39 is 0 Å². The quantitative estimate of drug-likeness (QED) is 0.138. The summed E-state index contributed by atoms with van der Waals surface area (Å²) in [6.07, 6.45) is 17.6. The molecule has 0 saturated heterocycles. The molecule has 1 unspecified atom stereocenters. The van der Waals surface area contributed by atoms with Crippen molar-refractivity contribution in [2.24, 2.45) is 0 Å². The molecule has 8 rings (SSSR count). The van der Waals surface area contributed by atoms with Gasteiger partial charge in [0.15, 0.2) is 0 Å². The summed E-state index contributed by atoms with van der Waals surface area (Å²) in [4.78, 5) is 0. The number of hydrogen-bond donors (Lipinski definition) is 0. The Labute approximate surface area is 330 Å². The minimum Gasteiger partial charge on any atom is -0.0991 e. The molecule has 0 fully saturated rings. The molecular weight excluding hydrogens is 661 g/mol.